The van der Waals surface area contributed by atoms with E-state index in [2.05, 4.69) is 5.32 Å². The number of rotatable bonds is 8. The Labute approximate surface area is 133 Å². The highest BCUT2D eigenvalue weighted by Crippen LogP contribution is 2.20. The van der Waals surface area contributed by atoms with Crippen molar-refractivity contribution in [3.8, 4) is 0 Å². The monoisotopic (exact) mass is 315 g/mol. The molecule has 6 nitrogen and oxygen atoms in total. The van der Waals surface area contributed by atoms with Crippen LogP contribution in [0.15, 0.2) is 48.5 Å². The summed E-state index contributed by atoms with van der Waals surface area (Å²) in [4.78, 5) is 22.4. The Balaban J connectivity index is 1.92. The molecule has 0 amide bonds. The first kappa shape index (κ1) is 16.5. The van der Waals surface area contributed by atoms with E-state index in [1.807, 2.05) is 30.3 Å². The first-order valence-electron chi connectivity index (χ1n) is 7.04. The van der Waals surface area contributed by atoms with Crippen molar-refractivity contribution in [3.05, 3.63) is 65.2 Å². The van der Waals surface area contributed by atoms with Crippen molar-refractivity contribution in [2.75, 3.05) is 18.5 Å². The molecule has 0 aliphatic heterocycles. The summed E-state index contributed by atoms with van der Waals surface area (Å²) in [5, 5.41) is 21.2. The average Bonchev–Trinajstić information content (AvgIpc) is 2.55. The Bertz CT molecular complexity index is 685. The zero-order valence-electron chi connectivity index (χ0n) is 12.4. The quantitative estimate of drug-likeness (QED) is 0.648. The van der Waals surface area contributed by atoms with E-state index in [0.717, 1.165) is 5.56 Å². The third-order valence-electron chi connectivity index (χ3n) is 3.18. The molecular formula is C17H17NO5. The lowest BCUT2D eigenvalue weighted by Crippen LogP contribution is -2.15. The highest BCUT2D eigenvalue weighted by molar-refractivity contribution is 6.05. The molecule has 120 valence electrons. The van der Waals surface area contributed by atoms with Crippen LogP contribution in [0.3, 0.4) is 0 Å². The second-order valence-electron chi connectivity index (χ2n) is 4.80. The van der Waals surface area contributed by atoms with Crippen LogP contribution in [-0.4, -0.2) is 35.3 Å². The highest BCUT2D eigenvalue weighted by Gasteiger charge is 2.19. The van der Waals surface area contributed by atoms with Crippen LogP contribution >= 0.6 is 0 Å². The van der Waals surface area contributed by atoms with Crippen molar-refractivity contribution in [2.24, 2.45) is 0 Å². The lowest BCUT2D eigenvalue weighted by atomic mass is 10.1. The minimum atomic E-state index is -1.28. The maximum Gasteiger partial charge on any atom is 0.338 e. The second-order valence-corrected chi connectivity index (χ2v) is 4.80. The number of anilines is 1. The van der Waals surface area contributed by atoms with Gasteiger partial charge in [0.15, 0.2) is 0 Å². The average molecular weight is 315 g/mol. The molecule has 0 fully saturated rings. The van der Waals surface area contributed by atoms with Crippen molar-refractivity contribution < 1.29 is 24.5 Å². The minimum absolute atomic E-state index is 0.243. The fraction of sp³-hybridized carbons (Fsp3) is 0.176. The van der Waals surface area contributed by atoms with Crippen LogP contribution in [0, 0.1) is 0 Å². The molecule has 0 aromatic heterocycles. The Morgan fingerprint density at radius 3 is 2.35 bits per heavy atom. The summed E-state index contributed by atoms with van der Waals surface area (Å²) in [6, 6.07) is 14.0. The van der Waals surface area contributed by atoms with Gasteiger partial charge in [-0.1, -0.05) is 36.4 Å². The van der Waals surface area contributed by atoms with Crippen LogP contribution in [0.1, 0.15) is 26.3 Å². The van der Waals surface area contributed by atoms with Crippen molar-refractivity contribution >= 4 is 17.6 Å². The Morgan fingerprint density at radius 2 is 1.70 bits per heavy atom. The summed E-state index contributed by atoms with van der Waals surface area (Å²) in [5.74, 6) is -2.55. The molecule has 0 radical (unpaired) electrons. The van der Waals surface area contributed by atoms with E-state index < -0.39 is 11.9 Å². The zero-order valence-corrected chi connectivity index (χ0v) is 12.4. The van der Waals surface area contributed by atoms with Crippen LogP contribution in [-0.2, 0) is 11.3 Å². The molecule has 0 unspecified atom stereocenters. The number of carboxylic acids is 2. The predicted molar refractivity (Wildman–Crippen MR) is 84.9 cm³/mol. The van der Waals surface area contributed by atoms with Gasteiger partial charge in [0, 0.05) is 12.2 Å². The van der Waals surface area contributed by atoms with Crippen LogP contribution in [0.25, 0.3) is 0 Å². The Hall–Kier alpha value is -2.86. The van der Waals surface area contributed by atoms with Crippen molar-refractivity contribution in [1.82, 2.24) is 0 Å². The summed E-state index contributed by atoms with van der Waals surface area (Å²) in [5.41, 5.74) is 0.822. The number of carboxylic acid groups (broad SMARTS) is 2. The van der Waals surface area contributed by atoms with Crippen molar-refractivity contribution in [3.63, 3.8) is 0 Å². The van der Waals surface area contributed by atoms with Gasteiger partial charge in [0.05, 0.1) is 24.3 Å². The lowest BCUT2D eigenvalue weighted by molar-refractivity contribution is 0.0652. The minimum Gasteiger partial charge on any atom is -0.478 e. The van der Waals surface area contributed by atoms with Gasteiger partial charge in [-0.05, 0) is 17.7 Å². The molecule has 0 heterocycles. The number of carbonyl (C=O) groups is 2. The predicted octanol–water partition coefficient (Wildman–Crippen LogP) is 2.71. The Kier molecular flexibility index (Phi) is 5.71. The van der Waals surface area contributed by atoms with E-state index in [1.54, 1.807) is 0 Å². The number of hydrogen-bond acceptors (Lipinski definition) is 4. The molecule has 0 atom stereocenters. The number of hydrogen-bond donors (Lipinski definition) is 3. The van der Waals surface area contributed by atoms with E-state index in [0.29, 0.717) is 19.8 Å². The summed E-state index contributed by atoms with van der Waals surface area (Å²) in [6.45, 7) is 1.20. The molecule has 0 aliphatic carbocycles. The topological polar surface area (TPSA) is 95.9 Å². The van der Waals surface area contributed by atoms with Gasteiger partial charge in [-0.15, -0.1) is 0 Å². The van der Waals surface area contributed by atoms with Gasteiger partial charge in [0.1, 0.15) is 0 Å². The van der Waals surface area contributed by atoms with Crippen LogP contribution in [0.2, 0.25) is 0 Å². The molecule has 2 rings (SSSR count). The Morgan fingerprint density at radius 1 is 0.957 bits per heavy atom. The zero-order chi connectivity index (χ0) is 16.7. The highest BCUT2D eigenvalue weighted by atomic mass is 16.5. The molecule has 0 saturated carbocycles. The third-order valence-corrected chi connectivity index (χ3v) is 3.18. The van der Waals surface area contributed by atoms with Gasteiger partial charge in [-0.3, -0.25) is 0 Å². The maximum atomic E-state index is 11.3. The normalized spacial score (nSPS) is 10.3. The molecule has 0 saturated heterocycles. The lowest BCUT2D eigenvalue weighted by Gasteiger charge is -2.12. The number of aromatic carboxylic acids is 2. The van der Waals surface area contributed by atoms with Gasteiger partial charge >= 0.3 is 11.9 Å². The van der Waals surface area contributed by atoms with E-state index in [9.17, 15) is 14.7 Å². The van der Waals surface area contributed by atoms with Crippen LogP contribution in [0.5, 0.6) is 0 Å². The molecule has 23 heavy (non-hydrogen) atoms. The first-order valence-corrected chi connectivity index (χ1v) is 7.04. The summed E-state index contributed by atoms with van der Waals surface area (Å²) < 4.78 is 5.49. The van der Waals surface area contributed by atoms with E-state index in [1.165, 1.54) is 18.2 Å². The van der Waals surface area contributed by atoms with Gasteiger partial charge in [-0.25, -0.2) is 9.59 Å². The van der Waals surface area contributed by atoms with Crippen LogP contribution in [0.4, 0.5) is 5.69 Å². The molecule has 0 aliphatic rings. The van der Waals surface area contributed by atoms with E-state index in [4.69, 9.17) is 9.84 Å². The molecule has 2 aromatic carbocycles. The van der Waals surface area contributed by atoms with Crippen molar-refractivity contribution in [2.45, 2.75) is 6.61 Å². The van der Waals surface area contributed by atoms with E-state index in [-0.39, 0.29) is 16.8 Å². The first-order chi connectivity index (χ1) is 11.1. The largest absolute Gasteiger partial charge is 0.478 e. The van der Waals surface area contributed by atoms with Gasteiger partial charge in [0.2, 0.25) is 0 Å². The number of benzene rings is 2. The van der Waals surface area contributed by atoms with Gasteiger partial charge < -0.3 is 20.3 Å². The molecule has 0 bridgehead atoms. The summed E-state index contributed by atoms with van der Waals surface area (Å²) in [7, 11) is 0. The molecule has 2 aromatic rings. The standard InChI is InChI=1S/C17H17NO5/c19-16(20)13-7-4-8-14(15(13)17(21)22)18-9-10-23-11-12-5-2-1-3-6-12/h1-8,18H,9-11H2,(H,19,20)(H,21,22). The van der Waals surface area contributed by atoms with Crippen molar-refractivity contribution in [1.29, 1.82) is 0 Å². The molecular weight excluding hydrogens is 298 g/mol. The summed E-state index contributed by atoms with van der Waals surface area (Å²) >= 11 is 0. The SMILES string of the molecule is O=C(O)c1cccc(NCCOCc2ccccc2)c1C(=O)O. The molecule has 0 spiro atoms. The molecule has 6 heteroatoms. The number of ether oxygens (including phenoxy) is 1. The maximum absolute atomic E-state index is 11.3. The van der Waals surface area contributed by atoms with E-state index >= 15 is 0 Å². The fourth-order valence-corrected chi connectivity index (χ4v) is 2.13. The second kappa shape index (κ2) is 7.95. The number of nitrogens with one attached hydrogen (secondary N) is 1. The smallest absolute Gasteiger partial charge is 0.338 e. The molecule has 3 N–H and O–H groups in total. The summed E-state index contributed by atoms with van der Waals surface area (Å²) in [6.07, 6.45) is 0. The van der Waals surface area contributed by atoms with Gasteiger partial charge in [-0.2, -0.15) is 0 Å². The third kappa shape index (κ3) is 4.55. The van der Waals surface area contributed by atoms with Crippen LogP contribution < -0.4 is 5.32 Å². The van der Waals surface area contributed by atoms with Gasteiger partial charge in [0.25, 0.3) is 0 Å². The fourth-order valence-electron chi connectivity index (χ4n) is 2.13.